The van der Waals surface area contributed by atoms with Crippen molar-refractivity contribution in [2.75, 3.05) is 14.2 Å². The van der Waals surface area contributed by atoms with Crippen LogP contribution in [0.5, 0.6) is 11.5 Å². The van der Waals surface area contributed by atoms with Crippen molar-refractivity contribution in [1.29, 1.82) is 0 Å². The number of amides is 2. The number of aliphatic hydroxyl groups is 1. The average Bonchev–Trinajstić information content (AvgIpc) is 3.14. The van der Waals surface area contributed by atoms with Gasteiger partial charge in [-0.15, -0.1) is 0 Å². The molecule has 51 heavy (non-hydrogen) atoms. The van der Waals surface area contributed by atoms with Crippen molar-refractivity contribution in [1.82, 2.24) is 10.6 Å². The Labute approximate surface area is 292 Å². The van der Waals surface area contributed by atoms with Crippen LogP contribution in [-0.2, 0) is 12.8 Å². The standard InChI is InChI=1S/C40H36N2O9/c1-48-27-13-15-35-29(20-27)32(43)22-37(50-35)39(46)41-26(17-24-9-5-3-6-10-24)19-34(45)31(18-25-11-7-4-8-12-25)42-40(47)38-23-33(44)30-21-28(49-2)14-16-36(30)51-38/h3-16,20-23,26,31,34,45H,17-19H2,1-2H3,(H,41,46)(H,42,47)/t26-,31-,34-/m0/s1. The number of hydrogen-bond acceptors (Lipinski definition) is 9. The summed E-state index contributed by atoms with van der Waals surface area (Å²) >= 11 is 0. The Kier molecular flexibility index (Phi) is 10.6. The second-order valence-electron chi connectivity index (χ2n) is 12.1. The van der Waals surface area contributed by atoms with E-state index in [4.69, 9.17) is 18.3 Å². The first kappa shape index (κ1) is 34.7. The predicted molar refractivity (Wildman–Crippen MR) is 191 cm³/mol. The molecule has 2 amide bonds. The van der Waals surface area contributed by atoms with E-state index >= 15 is 0 Å². The zero-order valence-corrected chi connectivity index (χ0v) is 28.0. The number of carbonyl (C=O) groups is 2. The molecule has 0 spiro atoms. The molecule has 0 saturated carbocycles. The lowest BCUT2D eigenvalue weighted by atomic mass is 9.93. The molecule has 11 heteroatoms. The minimum absolute atomic E-state index is 0.00882. The quantitative estimate of drug-likeness (QED) is 0.151. The molecule has 6 rings (SSSR count). The van der Waals surface area contributed by atoms with Gasteiger partial charge in [0.2, 0.25) is 0 Å². The Morgan fingerprint density at radius 3 is 1.61 bits per heavy atom. The third-order valence-electron chi connectivity index (χ3n) is 8.58. The SMILES string of the molecule is COc1ccc2oc(C(=O)N[C@@H](Cc3ccccc3)C[C@H](O)[C@H](Cc3ccccc3)NC(=O)c3cc(=O)c4cc(OC)ccc4o3)cc(=O)c2c1. The van der Waals surface area contributed by atoms with Gasteiger partial charge in [-0.2, -0.15) is 0 Å². The van der Waals surface area contributed by atoms with Crippen molar-refractivity contribution < 1.29 is 33.0 Å². The molecule has 0 saturated heterocycles. The van der Waals surface area contributed by atoms with E-state index in [1.807, 2.05) is 60.7 Å². The van der Waals surface area contributed by atoms with Gasteiger partial charge >= 0.3 is 0 Å². The van der Waals surface area contributed by atoms with Crippen molar-refractivity contribution in [2.45, 2.75) is 37.5 Å². The number of benzene rings is 4. The van der Waals surface area contributed by atoms with Gasteiger partial charge in [-0.1, -0.05) is 60.7 Å². The third kappa shape index (κ3) is 8.34. The molecule has 0 radical (unpaired) electrons. The topological polar surface area (TPSA) is 157 Å². The van der Waals surface area contributed by atoms with E-state index in [9.17, 15) is 24.3 Å². The van der Waals surface area contributed by atoms with Crippen LogP contribution < -0.4 is 31.0 Å². The lowest BCUT2D eigenvalue weighted by Gasteiger charge is -2.28. The Morgan fingerprint density at radius 1 is 0.647 bits per heavy atom. The number of hydrogen-bond donors (Lipinski definition) is 3. The van der Waals surface area contributed by atoms with Crippen LogP contribution in [-0.4, -0.2) is 49.3 Å². The van der Waals surface area contributed by atoms with E-state index in [0.29, 0.717) is 17.9 Å². The van der Waals surface area contributed by atoms with Gasteiger partial charge in [0.1, 0.15) is 22.7 Å². The fourth-order valence-electron chi connectivity index (χ4n) is 5.94. The van der Waals surface area contributed by atoms with Crippen LogP contribution in [0.4, 0.5) is 0 Å². The van der Waals surface area contributed by atoms with Crippen molar-refractivity contribution in [2.24, 2.45) is 0 Å². The first-order valence-corrected chi connectivity index (χ1v) is 16.3. The molecule has 6 aromatic rings. The number of carbonyl (C=O) groups excluding carboxylic acids is 2. The summed E-state index contributed by atoms with van der Waals surface area (Å²) in [5.41, 5.74) is 1.32. The zero-order chi connectivity index (χ0) is 35.9. The summed E-state index contributed by atoms with van der Waals surface area (Å²) in [6, 6.07) is 28.9. The van der Waals surface area contributed by atoms with Crippen LogP contribution in [0.1, 0.15) is 38.7 Å². The molecule has 0 aliphatic rings. The molecular formula is C40H36N2O9. The molecule has 0 bridgehead atoms. The second-order valence-corrected chi connectivity index (χ2v) is 12.1. The molecule has 0 aliphatic carbocycles. The fraction of sp³-hybridized carbons (Fsp3) is 0.200. The Balaban J connectivity index is 1.27. The monoisotopic (exact) mass is 688 g/mol. The van der Waals surface area contributed by atoms with Crippen molar-refractivity contribution in [3.63, 3.8) is 0 Å². The van der Waals surface area contributed by atoms with Crippen molar-refractivity contribution in [3.8, 4) is 11.5 Å². The molecule has 0 unspecified atom stereocenters. The molecule has 3 N–H and O–H groups in total. The molecule has 2 heterocycles. The maximum Gasteiger partial charge on any atom is 0.287 e. The van der Waals surface area contributed by atoms with Gasteiger partial charge < -0.3 is 34.0 Å². The maximum absolute atomic E-state index is 13.6. The van der Waals surface area contributed by atoms with E-state index in [2.05, 4.69) is 10.6 Å². The second kappa shape index (κ2) is 15.6. The Bertz CT molecular complexity index is 2280. The van der Waals surface area contributed by atoms with Gasteiger partial charge in [0.05, 0.1) is 37.1 Å². The Hall–Kier alpha value is -6.20. The molecule has 0 fully saturated rings. The number of rotatable bonds is 13. The molecule has 2 aromatic heterocycles. The fourth-order valence-corrected chi connectivity index (χ4v) is 5.94. The van der Waals surface area contributed by atoms with Gasteiger partial charge in [-0.25, -0.2) is 0 Å². The molecule has 260 valence electrons. The minimum Gasteiger partial charge on any atom is -0.497 e. The van der Waals surface area contributed by atoms with Crippen LogP contribution in [0.3, 0.4) is 0 Å². The summed E-state index contributed by atoms with van der Waals surface area (Å²) in [7, 11) is 2.97. The van der Waals surface area contributed by atoms with Crippen LogP contribution in [0.2, 0.25) is 0 Å². The minimum atomic E-state index is -1.18. The summed E-state index contributed by atoms with van der Waals surface area (Å²) in [5.74, 6) is -0.799. The summed E-state index contributed by atoms with van der Waals surface area (Å²) in [4.78, 5) is 53.0. The number of aliphatic hydroxyl groups excluding tert-OH is 1. The van der Waals surface area contributed by atoms with Crippen LogP contribution >= 0.6 is 0 Å². The number of nitrogens with one attached hydrogen (secondary N) is 2. The summed E-state index contributed by atoms with van der Waals surface area (Å²) in [5, 5.41) is 18.1. The maximum atomic E-state index is 13.6. The lowest BCUT2D eigenvalue weighted by molar-refractivity contribution is 0.0733. The largest absolute Gasteiger partial charge is 0.497 e. The van der Waals surface area contributed by atoms with Crippen LogP contribution in [0.25, 0.3) is 21.9 Å². The van der Waals surface area contributed by atoms with E-state index in [-0.39, 0.29) is 46.3 Å². The van der Waals surface area contributed by atoms with Gasteiger partial charge in [0.15, 0.2) is 22.4 Å². The lowest BCUT2D eigenvalue weighted by Crippen LogP contribution is -2.48. The van der Waals surface area contributed by atoms with E-state index in [1.54, 1.807) is 30.3 Å². The summed E-state index contributed by atoms with van der Waals surface area (Å²) in [6.45, 7) is 0. The average molecular weight is 689 g/mol. The number of fused-ring (bicyclic) bond motifs is 2. The summed E-state index contributed by atoms with van der Waals surface area (Å²) in [6.07, 6.45) is -0.615. The first-order valence-electron chi connectivity index (χ1n) is 16.3. The highest BCUT2D eigenvalue weighted by molar-refractivity contribution is 5.94. The van der Waals surface area contributed by atoms with Gasteiger partial charge in [0.25, 0.3) is 11.8 Å². The van der Waals surface area contributed by atoms with E-state index < -0.39 is 40.9 Å². The predicted octanol–water partition coefficient (Wildman–Crippen LogP) is 5.05. The molecule has 0 aliphatic heterocycles. The molecular weight excluding hydrogens is 652 g/mol. The highest BCUT2D eigenvalue weighted by Crippen LogP contribution is 2.22. The van der Waals surface area contributed by atoms with Crippen LogP contribution in [0, 0.1) is 0 Å². The molecule has 3 atom stereocenters. The van der Waals surface area contributed by atoms with Gasteiger partial charge in [0, 0.05) is 18.2 Å². The number of methoxy groups -OCH3 is 2. The van der Waals surface area contributed by atoms with E-state index in [1.165, 1.54) is 20.3 Å². The molecule has 4 aromatic carbocycles. The van der Waals surface area contributed by atoms with Crippen LogP contribution in [0.15, 0.2) is 128 Å². The summed E-state index contributed by atoms with van der Waals surface area (Å²) < 4.78 is 22.0. The Morgan fingerprint density at radius 2 is 1.12 bits per heavy atom. The van der Waals surface area contributed by atoms with Crippen molar-refractivity contribution >= 4 is 33.8 Å². The van der Waals surface area contributed by atoms with Gasteiger partial charge in [-0.3, -0.25) is 19.2 Å². The van der Waals surface area contributed by atoms with Gasteiger partial charge in [-0.05, 0) is 66.8 Å². The van der Waals surface area contributed by atoms with Crippen molar-refractivity contribution in [3.05, 3.63) is 152 Å². The highest BCUT2D eigenvalue weighted by Gasteiger charge is 2.28. The molecule has 11 nitrogen and oxygen atoms in total. The zero-order valence-electron chi connectivity index (χ0n) is 28.0. The highest BCUT2D eigenvalue weighted by atomic mass is 16.5. The first-order chi connectivity index (χ1) is 24.7. The van der Waals surface area contributed by atoms with E-state index in [0.717, 1.165) is 23.3 Å². The normalized spacial score (nSPS) is 12.9. The third-order valence-corrected chi connectivity index (χ3v) is 8.58. The smallest absolute Gasteiger partial charge is 0.287 e. The number of ether oxygens (including phenoxy) is 2.